The molecule has 108 valence electrons. The molecule has 5 heteroatoms. The topological polar surface area (TPSA) is 47.3 Å². The van der Waals surface area contributed by atoms with Gasteiger partial charge in [-0.2, -0.15) is 0 Å². The Labute approximate surface area is 124 Å². The maximum absolute atomic E-state index is 9.51. The van der Waals surface area contributed by atoms with E-state index in [9.17, 15) is 5.11 Å². The van der Waals surface area contributed by atoms with Crippen LogP contribution in [0.2, 0.25) is 5.02 Å². The molecule has 1 aromatic heterocycles. The van der Waals surface area contributed by atoms with Crippen LogP contribution < -0.4 is 4.74 Å². The van der Waals surface area contributed by atoms with E-state index in [1.807, 2.05) is 6.07 Å². The van der Waals surface area contributed by atoms with Crippen molar-refractivity contribution in [2.45, 2.75) is 39.5 Å². The molecule has 0 saturated heterocycles. The molecule has 20 heavy (non-hydrogen) atoms. The highest BCUT2D eigenvalue weighted by Crippen LogP contribution is 2.28. The van der Waals surface area contributed by atoms with Gasteiger partial charge in [-0.25, -0.2) is 4.98 Å². The van der Waals surface area contributed by atoms with Crippen LogP contribution in [-0.4, -0.2) is 14.7 Å². The minimum absolute atomic E-state index is 0.337. The van der Waals surface area contributed by atoms with Gasteiger partial charge in [0, 0.05) is 6.04 Å². The Morgan fingerprint density at radius 3 is 2.70 bits per heavy atom. The first kappa shape index (κ1) is 14.9. The second-order valence-electron chi connectivity index (χ2n) is 5.04. The summed E-state index contributed by atoms with van der Waals surface area (Å²) in [4.78, 5) is 4.13. The fourth-order valence-electron chi connectivity index (χ4n) is 1.95. The maximum atomic E-state index is 9.51. The molecule has 4 nitrogen and oxygen atoms in total. The molecule has 0 fully saturated rings. The van der Waals surface area contributed by atoms with E-state index in [4.69, 9.17) is 16.3 Å². The lowest BCUT2D eigenvalue weighted by molar-refractivity contribution is 0.199. The van der Waals surface area contributed by atoms with Crippen LogP contribution in [0.1, 0.15) is 44.2 Å². The lowest BCUT2D eigenvalue weighted by atomic mass is 10.1. The molecule has 1 heterocycles. The minimum atomic E-state index is -0.538. The Morgan fingerprint density at radius 1 is 1.35 bits per heavy atom. The molecule has 1 N–H and O–H groups in total. The summed E-state index contributed by atoms with van der Waals surface area (Å²) in [5.74, 6) is 0.604. The molecule has 0 spiro atoms. The highest BCUT2D eigenvalue weighted by molar-refractivity contribution is 6.32. The van der Waals surface area contributed by atoms with Gasteiger partial charge in [-0.15, -0.1) is 0 Å². The maximum Gasteiger partial charge on any atom is 0.138 e. The number of imidazole rings is 1. The third-order valence-corrected chi connectivity index (χ3v) is 3.41. The van der Waals surface area contributed by atoms with Gasteiger partial charge in [0.15, 0.2) is 0 Å². The number of aliphatic hydroxyl groups is 1. The zero-order valence-electron chi connectivity index (χ0n) is 11.9. The van der Waals surface area contributed by atoms with Gasteiger partial charge in [0.2, 0.25) is 0 Å². The van der Waals surface area contributed by atoms with Gasteiger partial charge >= 0.3 is 0 Å². The SMILES string of the molecule is CC(C)n1cncc1COc1ccc([C@H](C)O)cc1Cl. The summed E-state index contributed by atoms with van der Waals surface area (Å²) in [6.07, 6.45) is 3.04. The number of halogens is 1. The molecule has 2 rings (SSSR count). The Bertz CT molecular complexity index is 579. The molecule has 0 radical (unpaired) electrons. The molecular weight excluding hydrogens is 276 g/mol. The fraction of sp³-hybridized carbons (Fsp3) is 0.400. The van der Waals surface area contributed by atoms with Gasteiger partial charge in [0.1, 0.15) is 12.4 Å². The summed E-state index contributed by atoms with van der Waals surface area (Å²) in [5, 5.41) is 10.0. The Balaban J connectivity index is 2.09. The lowest BCUT2D eigenvalue weighted by Gasteiger charge is -2.14. The number of aromatic nitrogens is 2. The van der Waals surface area contributed by atoms with Crippen molar-refractivity contribution in [1.82, 2.24) is 9.55 Å². The standard InChI is InChI=1S/C15H19ClN2O2/c1-10(2)18-9-17-7-13(18)8-20-15-5-4-12(11(3)19)6-14(15)16/h4-7,9-11,19H,8H2,1-3H3/t11-/m0/s1. The number of hydrogen-bond acceptors (Lipinski definition) is 3. The number of nitrogens with zero attached hydrogens (tertiary/aromatic N) is 2. The Kier molecular flexibility index (Phi) is 4.68. The number of ether oxygens (including phenoxy) is 1. The normalized spacial score (nSPS) is 12.7. The molecule has 2 aromatic rings. The van der Waals surface area contributed by atoms with E-state index in [0.29, 0.717) is 23.4 Å². The van der Waals surface area contributed by atoms with Gasteiger partial charge in [-0.3, -0.25) is 0 Å². The molecule has 0 saturated carbocycles. The average Bonchev–Trinajstić information content (AvgIpc) is 2.85. The number of rotatable bonds is 5. The first-order valence-electron chi connectivity index (χ1n) is 6.60. The zero-order valence-corrected chi connectivity index (χ0v) is 12.6. The Hall–Kier alpha value is -1.52. The van der Waals surface area contributed by atoms with Crippen LogP contribution >= 0.6 is 11.6 Å². The molecule has 1 atom stereocenters. The van der Waals surface area contributed by atoms with Crippen LogP contribution in [0, 0.1) is 0 Å². The minimum Gasteiger partial charge on any atom is -0.486 e. The fourth-order valence-corrected chi connectivity index (χ4v) is 2.20. The second kappa shape index (κ2) is 6.29. The molecular formula is C15H19ClN2O2. The van der Waals surface area contributed by atoms with Crippen molar-refractivity contribution in [2.75, 3.05) is 0 Å². The van der Waals surface area contributed by atoms with Crippen LogP contribution in [0.5, 0.6) is 5.75 Å². The van der Waals surface area contributed by atoms with E-state index in [2.05, 4.69) is 23.4 Å². The summed E-state index contributed by atoms with van der Waals surface area (Å²) in [6.45, 7) is 6.30. The third kappa shape index (κ3) is 3.32. The van der Waals surface area contributed by atoms with Crippen molar-refractivity contribution in [3.8, 4) is 5.75 Å². The van der Waals surface area contributed by atoms with Crippen LogP contribution in [0.25, 0.3) is 0 Å². The largest absolute Gasteiger partial charge is 0.486 e. The molecule has 0 aliphatic rings. The summed E-state index contributed by atoms with van der Waals surface area (Å²) in [6, 6.07) is 5.65. The third-order valence-electron chi connectivity index (χ3n) is 3.12. The summed E-state index contributed by atoms with van der Waals surface area (Å²) in [7, 11) is 0. The average molecular weight is 295 g/mol. The number of hydrogen-bond donors (Lipinski definition) is 1. The van der Waals surface area contributed by atoms with E-state index < -0.39 is 6.10 Å². The first-order valence-corrected chi connectivity index (χ1v) is 6.98. The lowest BCUT2D eigenvalue weighted by Crippen LogP contribution is -2.07. The van der Waals surface area contributed by atoms with Gasteiger partial charge < -0.3 is 14.4 Å². The summed E-state index contributed by atoms with van der Waals surface area (Å²) in [5.41, 5.74) is 1.77. The predicted octanol–water partition coefficient (Wildman–Crippen LogP) is 3.75. The highest BCUT2D eigenvalue weighted by atomic mass is 35.5. The van der Waals surface area contributed by atoms with Gasteiger partial charge in [0.05, 0.1) is 29.3 Å². The molecule has 0 aliphatic heterocycles. The zero-order chi connectivity index (χ0) is 14.7. The van der Waals surface area contributed by atoms with E-state index >= 15 is 0 Å². The van der Waals surface area contributed by atoms with Crippen molar-refractivity contribution in [2.24, 2.45) is 0 Å². The quantitative estimate of drug-likeness (QED) is 0.913. The monoisotopic (exact) mass is 294 g/mol. The predicted molar refractivity (Wildman–Crippen MR) is 79.0 cm³/mol. The van der Waals surface area contributed by atoms with E-state index in [1.54, 1.807) is 31.6 Å². The molecule has 0 unspecified atom stereocenters. The van der Waals surface area contributed by atoms with E-state index in [0.717, 1.165) is 11.3 Å². The second-order valence-corrected chi connectivity index (χ2v) is 5.45. The van der Waals surface area contributed by atoms with Crippen molar-refractivity contribution in [1.29, 1.82) is 0 Å². The number of aliphatic hydroxyl groups excluding tert-OH is 1. The highest BCUT2D eigenvalue weighted by Gasteiger charge is 2.09. The van der Waals surface area contributed by atoms with E-state index in [1.165, 1.54) is 0 Å². The van der Waals surface area contributed by atoms with Crippen molar-refractivity contribution in [3.63, 3.8) is 0 Å². The summed E-state index contributed by atoms with van der Waals surface area (Å²) < 4.78 is 7.79. The molecule has 1 aromatic carbocycles. The van der Waals surface area contributed by atoms with Gasteiger partial charge in [-0.05, 0) is 38.5 Å². The van der Waals surface area contributed by atoms with Crippen LogP contribution in [0.3, 0.4) is 0 Å². The van der Waals surface area contributed by atoms with Crippen LogP contribution in [0.15, 0.2) is 30.7 Å². The summed E-state index contributed by atoms with van der Waals surface area (Å²) >= 11 is 6.16. The molecule has 0 bridgehead atoms. The Morgan fingerprint density at radius 2 is 2.10 bits per heavy atom. The molecule has 0 amide bonds. The van der Waals surface area contributed by atoms with Crippen LogP contribution in [0.4, 0.5) is 0 Å². The number of benzene rings is 1. The van der Waals surface area contributed by atoms with Crippen molar-refractivity contribution < 1.29 is 9.84 Å². The van der Waals surface area contributed by atoms with Crippen molar-refractivity contribution >= 4 is 11.6 Å². The van der Waals surface area contributed by atoms with Gasteiger partial charge in [0.25, 0.3) is 0 Å². The molecule has 0 aliphatic carbocycles. The van der Waals surface area contributed by atoms with Gasteiger partial charge in [-0.1, -0.05) is 17.7 Å². The van der Waals surface area contributed by atoms with Crippen molar-refractivity contribution in [3.05, 3.63) is 47.0 Å². The first-order chi connectivity index (χ1) is 9.49. The van der Waals surface area contributed by atoms with Crippen LogP contribution in [-0.2, 0) is 6.61 Å². The van der Waals surface area contributed by atoms with E-state index in [-0.39, 0.29) is 0 Å². The smallest absolute Gasteiger partial charge is 0.138 e.